The number of carboxylic acid groups (broad SMARTS) is 1. The third-order valence-electron chi connectivity index (χ3n) is 1.92. The van der Waals surface area contributed by atoms with Crippen LogP contribution < -0.4 is 10.6 Å². The average Bonchev–Trinajstić information content (AvgIpc) is 2.13. The molecule has 5 nitrogen and oxygen atoms in total. The van der Waals surface area contributed by atoms with Crippen molar-refractivity contribution in [2.45, 2.75) is 26.3 Å². The Morgan fingerprint density at radius 2 is 1.87 bits per heavy atom. The molecule has 2 atom stereocenters. The van der Waals surface area contributed by atoms with Crippen molar-refractivity contribution in [2.24, 2.45) is 5.92 Å². The van der Waals surface area contributed by atoms with Crippen LogP contribution in [0.25, 0.3) is 0 Å². The lowest BCUT2D eigenvalue weighted by atomic mass is 10.0. The van der Waals surface area contributed by atoms with Crippen molar-refractivity contribution < 1.29 is 23.5 Å². The Balaban J connectivity index is 3.91. The highest BCUT2D eigenvalue weighted by molar-refractivity contribution is 5.76. The SMILES string of the molecule is CC(NC(=O)NCC(F)F)C(C)C(=O)O. The third kappa shape index (κ3) is 5.82. The molecule has 3 N–H and O–H groups in total. The summed E-state index contributed by atoms with van der Waals surface area (Å²) in [6.45, 7) is 2.15. The van der Waals surface area contributed by atoms with E-state index in [9.17, 15) is 18.4 Å². The maximum Gasteiger partial charge on any atom is 0.315 e. The lowest BCUT2D eigenvalue weighted by Crippen LogP contribution is -2.46. The molecule has 0 aliphatic rings. The van der Waals surface area contributed by atoms with Crippen LogP contribution in [0.4, 0.5) is 13.6 Å². The lowest BCUT2D eigenvalue weighted by Gasteiger charge is -2.17. The predicted molar refractivity (Wildman–Crippen MR) is 48.8 cm³/mol. The van der Waals surface area contributed by atoms with Crippen LogP contribution in [0.1, 0.15) is 13.8 Å². The topological polar surface area (TPSA) is 78.4 Å². The first-order valence-corrected chi connectivity index (χ1v) is 4.40. The van der Waals surface area contributed by atoms with Crippen LogP contribution >= 0.6 is 0 Å². The standard InChI is InChI=1S/C8H14F2N2O3/c1-4(7(13)14)5(2)12-8(15)11-3-6(9)10/h4-6H,3H2,1-2H3,(H,13,14)(H2,11,12,15). The second-order valence-electron chi connectivity index (χ2n) is 3.16. The van der Waals surface area contributed by atoms with Gasteiger partial charge in [-0.3, -0.25) is 4.79 Å². The molecule has 0 fully saturated rings. The van der Waals surface area contributed by atoms with E-state index in [0.717, 1.165) is 0 Å². The van der Waals surface area contributed by atoms with E-state index in [-0.39, 0.29) is 0 Å². The van der Waals surface area contributed by atoms with E-state index in [2.05, 4.69) is 5.32 Å². The Morgan fingerprint density at radius 3 is 2.27 bits per heavy atom. The number of rotatable bonds is 5. The zero-order valence-electron chi connectivity index (χ0n) is 8.46. The van der Waals surface area contributed by atoms with E-state index < -0.39 is 36.9 Å². The van der Waals surface area contributed by atoms with E-state index in [1.54, 1.807) is 0 Å². The molecule has 0 rings (SSSR count). The number of carboxylic acids is 1. The molecule has 0 bridgehead atoms. The van der Waals surface area contributed by atoms with Gasteiger partial charge in [-0.2, -0.15) is 0 Å². The Kier molecular flexibility index (Phi) is 5.58. The van der Waals surface area contributed by atoms with Gasteiger partial charge in [-0.1, -0.05) is 0 Å². The first kappa shape index (κ1) is 13.6. The highest BCUT2D eigenvalue weighted by atomic mass is 19.3. The van der Waals surface area contributed by atoms with Crippen LogP contribution in [0.5, 0.6) is 0 Å². The van der Waals surface area contributed by atoms with E-state index in [4.69, 9.17) is 5.11 Å². The lowest BCUT2D eigenvalue weighted by molar-refractivity contribution is -0.141. The maximum absolute atomic E-state index is 11.7. The summed E-state index contributed by atoms with van der Waals surface area (Å²) in [6, 6.07) is -1.42. The molecule has 0 heterocycles. The number of nitrogens with one attached hydrogen (secondary N) is 2. The number of carbonyl (C=O) groups excluding carboxylic acids is 1. The quantitative estimate of drug-likeness (QED) is 0.641. The van der Waals surface area contributed by atoms with Crippen molar-refractivity contribution in [1.82, 2.24) is 10.6 Å². The van der Waals surface area contributed by atoms with Gasteiger partial charge in [0.05, 0.1) is 12.5 Å². The second-order valence-corrected chi connectivity index (χ2v) is 3.16. The fraction of sp³-hybridized carbons (Fsp3) is 0.750. The Morgan fingerprint density at radius 1 is 1.33 bits per heavy atom. The summed E-state index contributed by atoms with van der Waals surface area (Å²) in [5.74, 6) is -1.83. The van der Waals surface area contributed by atoms with Gasteiger partial charge in [-0.25, -0.2) is 13.6 Å². The summed E-state index contributed by atoms with van der Waals surface area (Å²) in [7, 11) is 0. The normalized spacial score (nSPS) is 14.5. The Labute approximate surface area is 85.8 Å². The van der Waals surface area contributed by atoms with Gasteiger partial charge < -0.3 is 15.7 Å². The second kappa shape index (κ2) is 6.15. The first-order chi connectivity index (χ1) is 6.84. The number of halogens is 2. The highest BCUT2D eigenvalue weighted by Gasteiger charge is 2.20. The van der Waals surface area contributed by atoms with Crippen molar-refractivity contribution in [3.05, 3.63) is 0 Å². The minimum absolute atomic E-state index is 0.625. The molecule has 0 aromatic carbocycles. The van der Waals surface area contributed by atoms with Gasteiger partial charge in [0.15, 0.2) is 0 Å². The molecule has 0 aromatic rings. The number of alkyl halides is 2. The molecular formula is C8H14F2N2O3. The molecule has 0 saturated heterocycles. The van der Waals surface area contributed by atoms with E-state index in [1.165, 1.54) is 13.8 Å². The van der Waals surface area contributed by atoms with Crippen LogP contribution in [-0.2, 0) is 4.79 Å². The van der Waals surface area contributed by atoms with Crippen LogP contribution in [0.3, 0.4) is 0 Å². The zero-order chi connectivity index (χ0) is 12.0. The van der Waals surface area contributed by atoms with Crippen LogP contribution in [0.15, 0.2) is 0 Å². The number of amides is 2. The summed E-state index contributed by atoms with van der Waals surface area (Å²) in [5, 5.41) is 12.8. The number of carbonyl (C=O) groups is 2. The van der Waals surface area contributed by atoms with Gasteiger partial charge in [0.2, 0.25) is 0 Å². The van der Waals surface area contributed by atoms with Crippen LogP contribution in [0.2, 0.25) is 0 Å². The molecule has 0 aliphatic heterocycles. The highest BCUT2D eigenvalue weighted by Crippen LogP contribution is 2.01. The molecule has 0 spiro atoms. The van der Waals surface area contributed by atoms with Crippen LogP contribution in [0, 0.1) is 5.92 Å². The minimum atomic E-state index is -2.62. The molecule has 0 radical (unpaired) electrons. The fourth-order valence-corrected chi connectivity index (χ4v) is 0.767. The fourth-order valence-electron chi connectivity index (χ4n) is 0.767. The molecule has 15 heavy (non-hydrogen) atoms. The molecule has 0 saturated carbocycles. The summed E-state index contributed by atoms with van der Waals surface area (Å²) >= 11 is 0. The molecule has 7 heteroatoms. The van der Waals surface area contributed by atoms with Gasteiger partial charge in [0.1, 0.15) is 0 Å². The molecule has 0 aromatic heterocycles. The van der Waals surface area contributed by atoms with Crippen molar-refractivity contribution in [1.29, 1.82) is 0 Å². The largest absolute Gasteiger partial charge is 0.481 e. The first-order valence-electron chi connectivity index (χ1n) is 4.40. The van der Waals surface area contributed by atoms with E-state index in [0.29, 0.717) is 0 Å². The van der Waals surface area contributed by atoms with E-state index >= 15 is 0 Å². The summed E-state index contributed by atoms with van der Waals surface area (Å²) in [6.07, 6.45) is -2.62. The number of urea groups is 1. The van der Waals surface area contributed by atoms with E-state index in [1.807, 2.05) is 5.32 Å². The van der Waals surface area contributed by atoms with Gasteiger partial charge in [-0.05, 0) is 13.8 Å². The number of hydrogen-bond donors (Lipinski definition) is 3. The zero-order valence-corrected chi connectivity index (χ0v) is 8.46. The number of aliphatic carboxylic acids is 1. The Bertz CT molecular complexity index is 236. The summed E-state index contributed by atoms with van der Waals surface area (Å²) < 4.78 is 23.4. The summed E-state index contributed by atoms with van der Waals surface area (Å²) in [4.78, 5) is 21.4. The molecule has 2 unspecified atom stereocenters. The van der Waals surface area contributed by atoms with Gasteiger partial charge in [0, 0.05) is 6.04 Å². The van der Waals surface area contributed by atoms with Crippen molar-refractivity contribution in [2.75, 3.05) is 6.54 Å². The van der Waals surface area contributed by atoms with Gasteiger partial charge in [-0.15, -0.1) is 0 Å². The van der Waals surface area contributed by atoms with Crippen LogP contribution in [-0.4, -0.2) is 36.1 Å². The smallest absolute Gasteiger partial charge is 0.315 e. The van der Waals surface area contributed by atoms with Gasteiger partial charge in [0.25, 0.3) is 6.43 Å². The summed E-state index contributed by atoms with van der Waals surface area (Å²) in [5.41, 5.74) is 0. The Hall–Kier alpha value is -1.40. The predicted octanol–water partition coefficient (Wildman–Crippen LogP) is 0.660. The molecule has 0 aliphatic carbocycles. The molecule has 88 valence electrons. The monoisotopic (exact) mass is 224 g/mol. The van der Waals surface area contributed by atoms with Crippen molar-refractivity contribution in [3.63, 3.8) is 0 Å². The third-order valence-corrected chi connectivity index (χ3v) is 1.92. The average molecular weight is 224 g/mol. The van der Waals surface area contributed by atoms with Crippen molar-refractivity contribution >= 4 is 12.0 Å². The minimum Gasteiger partial charge on any atom is -0.481 e. The van der Waals surface area contributed by atoms with Crippen molar-refractivity contribution in [3.8, 4) is 0 Å². The molecular weight excluding hydrogens is 210 g/mol. The number of hydrogen-bond acceptors (Lipinski definition) is 2. The maximum atomic E-state index is 11.7. The molecule has 2 amide bonds. The van der Waals surface area contributed by atoms with Gasteiger partial charge >= 0.3 is 12.0 Å².